The van der Waals surface area contributed by atoms with Crippen molar-refractivity contribution in [2.45, 2.75) is 44.1 Å². The van der Waals surface area contributed by atoms with Gasteiger partial charge in [-0.1, -0.05) is 25.5 Å². The molecule has 2 amide bonds. The predicted molar refractivity (Wildman–Crippen MR) is 99.9 cm³/mol. The van der Waals surface area contributed by atoms with E-state index in [1.165, 1.54) is 0 Å². The second-order valence-corrected chi connectivity index (χ2v) is 7.60. The summed E-state index contributed by atoms with van der Waals surface area (Å²) in [5, 5.41) is 3.28. The summed E-state index contributed by atoms with van der Waals surface area (Å²) in [6, 6.07) is 7.88. The van der Waals surface area contributed by atoms with Gasteiger partial charge in [-0.3, -0.25) is 14.5 Å². The summed E-state index contributed by atoms with van der Waals surface area (Å²) >= 11 is 0. The molecule has 3 N–H and O–H groups in total. The van der Waals surface area contributed by atoms with E-state index >= 15 is 0 Å². The Morgan fingerprint density at radius 2 is 1.96 bits per heavy atom. The quantitative estimate of drug-likeness (QED) is 0.735. The average molecular weight is 359 g/mol. The molecular weight excluding hydrogens is 330 g/mol. The van der Waals surface area contributed by atoms with Crippen molar-refractivity contribution in [3.05, 3.63) is 29.8 Å². The molecule has 0 radical (unpaired) electrons. The number of ether oxygens (including phenoxy) is 1. The number of hydrogen-bond acceptors (Lipinski definition) is 4. The molecule has 0 unspecified atom stereocenters. The topological polar surface area (TPSA) is 84.7 Å². The number of carbonyl (C=O) groups is 2. The normalized spacial score (nSPS) is 24.2. The Morgan fingerprint density at radius 1 is 1.27 bits per heavy atom. The lowest BCUT2D eigenvalue weighted by Crippen LogP contribution is -2.45. The van der Waals surface area contributed by atoms with Gasteiger partial charge in [0.25, 0.3) is 0 Å². The van der Waals surface area contributed by atoms with Gasteiger partial charge in [0.2, 0.25) is 11.8 Å². The highest BCUT2D eigenvalue weighted by atomic mass is 16.5. The summed E-state index contributed by atoms with van der Waals surface area (Å²) in [5.41, 5.74) is 5.99. The molecule has 2 aliphatic rings. The zero-order valence-corrected chi connectivity index (χ0v) is 15.7. The van der Waals surface area contributed by atoms with Crippen LogP contribution in [0.25, 0.3) is 0 Å². The number of methoxy groups -OCH3 is 1. The van der Waals surface area contributed by atoms with Crippen molar-refractivity contribution in [2.24, 2.45) is 11.7 Å². The largest absolute Gasteiger partial charge is 0.497 e. The van der Waals surface area contributed by atoms with Gasteiger partial charge < -0.3 is 15.8 Å². The summed E-state index contributed by atoms with van der Waals surface area (Å²) in [6.07, 6.45) is 3.85. The fourth-order valence-electron chi connectivity index (χ4n) is 4.13. The van der Waals surface area contributed by atoms with Crippen molar-refractivity contribution in [1.82, 2.24) is 10.2 Å². The average Bonchev–Trinajstić information content (AvgIpc) is 3.35. The first-order chi connectivity index (χ1) is 12.5. The summed E-state index contributed by atoms with van der Waals surface area (Å²) in [6.45, 7) is 3.92. The number of nitrogens with one attached hydrogen (secondary N) is 1. The molecule has 1 heterocycles. The van der Waals surface area contributed by atoms with E-state index in [4.69, 9.17) is 10.5 Å². The van der Waals surface area contributed by atoms with Gasteiger partial charge in [-0.15, -0.1) is 0 Å². The lowest BCUT2D eigenvalue weighted by Gasteiger charge is -2.23. The van der Waals surface area contributed by atoms with Crippen LogP contribution < -0.4 is 15.8 Å². The van der Waals surface area contributed by atoms with Crippen LogP contribution in [0, 0.1) is 5.92 Å². The molecule has 0 spiro atoms. The lowest BCUT2D eigenvalue weighted by molar-refractivity contribution is -0.124. The lowest BCUT2D eigenvalue weighted by atomic mass is 9.92. The molecule has 0 aromatic heterocycles. The van der Waals surface area contributed by atoms with Gasteiger partial charge in [0.15, 0.2) is 0 Å². The van der Waals surface area contributed by atoms with Gasteiger partial charge in [-0.2, -0.15) is 0 Å². The monoisotopic (exact) mass is 359 g/mol. The van der Waals surface area contributed by atoms with Crippen LogP contribution in [0.2, 0.25) is 0 Å². The van der Waals surface area contributed by atoms with Gasteiger partial charge >= 0.3 is 0 Å². The fourth-order valence-corrected chi connectivity index (χ4v) is 4.13. The minimum absolute atomic E-state index is 0.0810. The zero-order chi connectivity index (χ0) is 18.7. The smallest absolute Gasteiger partial charge is 0.231 e. The first kappa shape index (κ1) is 18.7. The second kappa shape index (κ2) is 7.66. The molecular formula is C20H29N3O3. The standard InChI is InChI=1S/C20H29N3O3/c1-3-4-14-11-23(13-18(21)24)12-17(14)22-19(25)20(9-10-20)15-5-7-16(26-2)8-6-15/h5-8,14,17H,3-4,9-13H2,1-2H3,(H2,21,24)(H,22,25)/t14-,17-/m0/s1. The van der Waals surface area contributed by atoms with Crippen LogP contribution in [0.5, 0.6) is 5.75 Å². The molecule has 3 rings (SSSR count). The highest BCUT2D eigenvalue weighted by Gasteiger charge is 2.52. The van der Waals surface area contributed by atoms with Gasteiger partial charge in [0.05, 0.1) is 19.1 Å². The second-order valence-electron chi connectivity index (χ2n) is 7.60. The first-order valence-corrected chi connectivity index (χ1v) is 9.44. The molecule has 2 fully saturated rings. The molecule has 1 aromatic carbocycles. The molecule has 1 saturated carbocycles. The van der Waals surface area contributed by atoms with Crippen LogP contribution in [0.1, 0.15) is 38.2 Å². The Morgan fingerprint density at radius 3 is 2.50 bits per heavy atom. The molecule has 1 saturated heterocycles. The van der Waals surface area contributed by atoms with Crippen LogP contribution in [0.4, 0.5) is 0 Å². The maximum Gasteiger partial charge on any atom is 0.231 e. The molecule has 1 aliphatic heterocycles. The number of benzene rings is 1. The predicted octanol–water partition coefficient (Wildman–Crippen LogP) is 1.43. The molecule has 26 heavy (non-hydrogen) atoms. The van der Waals surface area contributed by atoms with Crippen molar-refractivity contribution in [3.63, 3.8) is 0 Å². The number of rotatable bonds is 8. The number of nitrogens with two attached hydrogens (primary N) is 1. The van der Waals surface area contributed by atoms with Crippen LogP contribution in [-0.4, -0.2) is 49.5 Å². The van der Waals surface area contributed by atoms with E-state index in [-0.39, 0.29) is 24.4 Å². The van der Waals surface area contributed by atoms with Crippen LogP contribution >= 0.6 is 0 Å². The Kier molecular flexibility index (Phi) is 5.51. The molecule has 2 atom stereocenters. The number of nitrogens with zero attached hydrogens (tertiary/aromatic N) is 1. The number of hydrogen-bond donors (Lipinski definition) is 2. The molecule has 1 aromatic rings. The minimum Gasteiger partial charge on any atom is -0.497 e. The Bertz CT molecular complexity index is 655. The van der Waals surface area contributed by atoms with Gasteiger partial charge in [0, 0.05) is 19.1 Å². The summed E-state index contributed by atoms with van der Waals surface area (Å²) < 4.78 is 5.21. The van der Waals surface area contributed by atoms with E-state index in [9.17, 15) is 9.59 Å². The third-order valence-corrected chi connectivity index (χ3v) is 5.70. The van der Waals surface area contributed by atoms with Crippen LogP contribution in [0.3, 0.4) is 0 Å². The SMILES string of the molecule is CCC[C@H]1CN(CC(N)=O)C[C@@H]1NC(=O)C1(c2ccc(OC)cc2)CC1. The van der Waals surface area contributed by atoms with Crippen molar-refractivity contribution in [2.75, 3.05) is 26.7 Å². The Labute approximate surface area is 155 Å². The first-order valence-electron chi connectivity index (χ1n) is 9.44. The summed E-state index contributed by atoms with van der Waals surface area (Å²) in [4.78, 5) is 26.4. The zero-order valence-electron chi connectivity index (χ0n) is 15.7. The molecule has 0 bridgehead atoms. The fraction of sp³-hybridized carbons (Fsp3) is 0.600. The van der Waals surface area contributed by atoms with Crippen molar-refractivity contribution in [1.29, 1.82) is 0 Å². The van der Waals surface area contributed by atoms with Crippen LogP contribution in [0.15, 0.2) is 24.3 Å². The summed E-state index contributed by atoms with van der Waals surface area (Å²) in [7, 11) is 1.64. The van der Waals surface area contributed by atoms with Crippen LogP contribution in [-0.2, 0) is 15.0 Å². The highest BCUT2D eigenvalue weighted by molar-refractivity contribution is 5.91. The highest BCUT2D eigenvalue weighted by Crippen LogP contribution is 2.49. The van der Waals surface area contributed by atoms with E-state index in [2.05, 4.69) is 17.1 Å². The maximum atomic E-state index is 13.1. The number of amides is 2. The maximum absolute atomic E-state index is 13.1. The van der Waals surface area contributed by atoms with Gasteiger partial charge in [-0.05, 0) is 42.9 Å². The molecule has 6 heteroatoms. The summed E-state index contributed by atoms with van der Waals surface area (Å²) in [5.74, 6) is 0.958. The number of primary amides is 1. The molecule has 1 aliphatic carbocycles. The van der Waals surface area contributed by atoms with Crippen molar-refractivity contribution in [3.8, 4) is 5.75 Å². The third-order valence-electron chi connectivity index (χ3n) is 5.70. The number of likely N-dealkylation sites (tertiary alicyclic amines) is 1. The third kappa shape index (κ3) is 3.85. The van der Waals surface area contributed by atoms with Crippen molar-refractivity contribution < 1.29 is 14.3 Å². The van der Waals surface area contributed by atoms with E-state index in [1.807, 2.05) is 24.3 Å². The van der Waals surface area contributed by atoms with Gasteiger partial charge in [-0.25, -0.2) is 0 Å². The van der Waals surface area contributed by atoms with E-state index in [0.717, 1.165) is 43.5 Å². The van der Waals surface area contributed by atoms with Crippen molar-refractivity contribution >= 4 is 11.8 Å². The number of carbonyl (C=O) groups excluding carboxylic acids is 2. The Balaban J connectivity index is 1.68. The Hall–Kier alpha value is -2.08. The molecule has 142 valence electrons. The minimum atomic E-state index is -0.403. The van der Waals surface area contributed by atoms with E-state index in [0.29, 0.717) is 12.5 Å². The van der Waals surface area contributed by atoms with Gasteiger partial charge in [0.1, 0.15) is 5.75 Å². The molecule has 6 nitrogen and oxygen atoms in total. The van der Waals surface area contributed by atoms with E-state index < -0.39 is 5.41 Å². The van der Waals surface area contributed by atoms with E-state index in [1.54, 1.807) is 7.11 Å².